The second-order valence-corrected chi connectivity index (χ2v) is 2.49. The molecule has 0 saturated heterocycles. The van der Waals surface area contributed by atoms with Crippen LogP contribution >= 0.6 is 15.9 Å². The van der Waals surface area contributed by atoms with E-state index in [1.54, 1.807) is 7.11 Å². The molecule has 0 aliphatic carbocycles. The largest absolute Gasteiger partial charge is 0.496 e. The number of rotatable bonds is 1. The van der Waals surface area contributed by atoms with E-state index in [1.165, 1.54) is 0 Å². The highest BCUT2D eigenvalue weighted by Crippen LogP contribution is 2.22. The lowest BCUT2D eigenvalue weighted by molar-refractivity contribution is 0.412. The first kappa shape index (κ1) is 9.46. The number of benzene rings is 1. The molecule has 10 heavy (non-hydrogen) atoms. The van der Waals surface area contributed by atoms with Gasteiger partial charge in [0.05, 0.1) is 11.6 Å². The van der Waals surface area contributed by atoms with Crippen molar-refractivity contribution in [3.63, 3.8) is 0 Å². The van der Waals surface area contributed by atoms with Crippen molar-refractivity contribution >= 4 is 15.9 Å². The normalized spacial score (nSPS) is 8.20. The van der Waals surface area contributed by atoms with Crippen LogP contribution in [-0.2, 0) is 0 Å². The summed E-state index contributed by atoms with van der Waals surface area (Å²) in [6.45, 7) is 0. The molecule has 3 N–H and O–H groups in total. The maximum Gasteiger partial charge on any atom is 0.133 e. The lowest BCUT2D eigenvalue weighted by Gasteiger charge is -1.99. The van der Waals surface area contributed by atoms with Gasteiger partial charge in [0, 0.05) is 0 Å². The van der Waals surface area contributed by atoms with Crippen molar-refractivity contribution in [2.45, 2.75) is 0 Å². The topological polar surface area (TPSA) is 44.2 Å². The van der Waals surface area contributed by atoms with Gasteiger partial charge in [-0.25, -0.2) is 0 Å². The summed E-state index contributed by atoms with van der Waals surface area (Å²) in [6, 6.07) is 7.74. The number of methoxy groups -OCH3 is 1. The minimum Gasteiger partial charge on any atom is -0.496 e. The summed E-state index contributed by atoms with van der Waals surface area (Å²) in [5.41, 5.74) is 0. The highest BCUT2D eigenvalue weighted by Gasteiger charge is 1.92. The van der Waals surface area contributed by atoms with Crippen LogP contribution < -0.4 is 10.9 Å². The zero-order chi connectivity index (χ0) is 6.69. The molecule has 0 atom stereocenters. The standard InChI is InChI=1S/C7H7BrO.H3N/c1-9-7-5-3-2-4-6(7)8;/h2-5H,1H3;1H3. The predicted molar refractivity (Wildman–Crippen MR) is 45.7 cm³/mol. The van der Waals surface area contributed by atoms with Gasteiger partial charge in [-0.1, -0.05) is 12.1 Å². The summed E-state index contributed by atoms with van der Waals surface area (Å²) in [7, 11) is 1.65. The van der Waals surface area contributed by atoms with E-state index in [9.17, 15) is 0 Å². The van der Waals surface area contributed by atoms with Crippen LogP contribution in [0.1, 0.15) is 0 Å². The summed E-state index contributed by atoms with van der Waals surface area (Å²) in [5, 5.41) is 0. The van der Waals surface area contributed by atoms with Gasteiger partial charge in [-0.3, -0.25) is 0 Å². The number of para-hydroxylation sites is 1. The molecule has 0 heterocycles. The predicted octanol–water partition coefficient (Wildman–Crippen LogP) is 2.62. The quantitative estimate of drug-likeness (QED) is 0.763. The Balaban J connectivity index is 0.000000810. The van der Waals surface area contributed by atoms with Crippen LogP contribution in [0.25, 0.3) is 0 Å². The van der Waals surface area contributed by atoms with Crippen molar-refractivity contribution in [3.8, 4) is 5.75 Å². The summed E-state index contributed by atoms with van der Waals surface area (Å²) in [5.74, 6) is 0.873. The maximum atomic E-state index is 5.00. The number of hydrogen-bond donors (Lipinski definition) is 1. The van der Waals surface area contributed by atoms with Crippen LogP contribution in [0.15, 0.2) is 28.7 Å². The molecule has 56 valence electrons. The highest BCUT2D eigenvalue weighted by atomic mass is 79.9. The Kier molecular flexibility index (Phi) is 4.07. The minimum absolute atomic E-state index is 0. The molecule has 0 aliphatic heterocycles. The van der Waals surface area contributed by atoms with Gasteiger partial charge < -0.3 is 10.9 Å². The molecule has 0 saturated carbocycles. The second-order valence-electron chi connectivity index (χ2n) is 1.63. The first-order valence-corrected chi connectivity index (χ1v) is 3.42. The molecule has 1 rings (SSSR count). The van der Waals surface area contributed by atoms with Crippen molar-refractivity contribution in [1.29, 1.82) is 0 Å². The van der Waals surface area contributed by atoms with Crippen molar-refractivity contribution < 1.29 is 4.74 Å². The zero-order valence-corrected chi connectivity index (χ0v) is 7.39. The Morgan fingerprint density at radius 1 is 1.30 bits per heavy atom. The molecule has 0 aromatic heterocycles. The van der Waals surface area contributed by atoms with Crippen LogP contribution in [0.3, 0.4) is 0 Å². The molecule has 0 radical (unpaired) electrons. The van der Waals surface area contributed by atoms with Crippen molar-refractivity contribution in [1.82, 2.24) is 6.15 Å². The molecule has 1 aromatic carbocycles. The maximum absolute atomic E-state index is 5.00. The summed E-state index contributed by atoms with van der Waals surface area (Å²) >= 11 is 3.33. The van der Waals surface area contributed by atoms with E-state index >= 15 is 0 Å². The fourth-order valence-electron chi connectivity index (χ4n) is 0.610. The van der Waals surface area contributed by atoms with E-state index in [1.807, 2.05) is 24.3 Å². The lowest BCUT2D eigenvalue weighted by Crippen LogP contribution is -1.81. The fourth-order valence-corrected chi connectivity index (χ4v) is 1.06. The van der Waals surface area contributed by atoms with Gasteiger partial charge in [0.1, 0.15) is 5.75 Å². The Hall–Kier alpha value is -0.540. The molecule has 0 aliphatic rings. The number of hydrogen-bond acceptors (Lipinski definition) is 2. The average Bonchev–Trinajstić information content (AvgIpc) is 1.89. The van der Waals surface area contributed by atoms with Crippen LogP contribution in [0.4, 0.5) is 0 Å². The van der Waals surface area contributed by atoms with E-state index in [-0.39, 0.29) is 6.15 Å². The zero-order valence-electron chi connectivity index (χ0n) is 5.80. The molecule has 0 bridgehead atoms. The van der Waals surface area contributed by atoms with E-state index < -0.39 is 0 Å². The third kappa shape index (κ3) is 2.01. The van der Waals surface area contributed by atoms with Crippen LogP contribution in [0, 0.1) is 0 Å². The molecule has 0 fully saturated rings. The summed E-state index contributed by atoms with van der Waals surface area (Å²) in [4.78, 5) is 0. The van der Waals surface area contributed by atoms with Gasteiger partial charge in [0.25, 0.3) is 0 Å². The van der Waals surface area contributed by atoms with Gasteiger partial charge in [-0.15, -0.1) is 0 Å². The van der Waals surface area contributed by atoms with Gasteiger partial charge in [-0.2, -0.15) is 0 Å². The van der Waals surface area contributed by atoms with Crippen molar-refractivity contribution in [2.75, 3.05) is 7.11 Å². The number of ether oxygens (including phenoxy) is 1. The van der Waals surface area contributed by atoms with E-state index in [2.05, 4.69) is 15.9 Å². The van der Waals surface area contributed by atoms with Crippen LogP contribution in [0.2, 0.25) is 0 Å². The van der Waals surface area contributed by atoms with Gasteiger partial charge in [0.15, 0.2) is 0 Å². The average molecular weight is 204 g/mol. The van der Waals surface area contributed by atoms with Gasteiger partial charge in [-0.05, 0) is 28.1 Å². The molecule has 0 amide bonds. The van der Waals surface area contributed by atoms with Crippen molar-refractivity contribution in [2.24, 2.45) is 0 Å². The summed E-state index contributed by atoms with van der Waals surface area (Å²) in [6.07, 6.45) is 0. The second kappa shape index (κ2) is 4.30. The van der Waals surface area contributed by atoms with Gasteiger partial charge in [0.2, 0.25) is 0 Å². The minimum atomic E-state index is 0. The fraction of sp³-hybridized carbons (Fsp3) is 0.143. The molecular formula is C7H10BrNO. The molecular weight excluding hydrogens is 194 g/mol. The van der Waals surface area contributed by atoms with Crippen LogP contribution in [-0.4, -0.2) is 7.11 Å². The van der Waals surface area contributed by atoms with E-state index in [0.29, 0.717) is 0 Å². The molecule has 3 heteroatoms. The Morgan fingerprint density at radius 3 is 2.30 bits per heavy atom. The third-order valence-corrected chi connectivity index (χ3v) is 1.71. The molecule has 2 nitrogen and oxygen atoms in total. The third-order valence-electron chi connectivity index (χ3n) is 1.06. The molecule has 0 spiro atoms. The van der Waals surface area contributed by atoms with Gasteiger partial charge >= 0.3 is 0 Å². The van der Waals surface area contributed by atoms with E-state index in [4.69, 9.17) is 4.74 Å². The summed E-state index contributed by atoms with van der Waals surface area (Å²) < 4.78 is 5.99. The Bertz CT molecular complexity index is 203. The highest BCUT2D eigenvalue weighted by molar-refractivity contribution is 9.10. The number of halogens is 1. The van der Waals surface area contributed by atoms with Crippen LogP contribution in [0.5, 0.6) is 5.75 Å². The monoisotopic (exact) mass is 203 g/mol. The smallest absolute Gasteiger partial charge is 0.133 e. The first-order chi connectivity index (χ1) is 4.34. The van der Waals surface area contributed by atoms with E-state index in [0.717, 1.165) is 10.2 Å². The Labute approximate surface area is 68.9 Å². The molecule has 0 unspecified atom stereocenters. The molecule has 1 aromatic rings. The van der Waals surface area contributed by atoms with Crippen molar-refractivity contribution in [3.05, 3.63) is 28.7 Å². The lowest BCUT2D eigenvalue weighted by atomic mass is 10.3. The Morgan fingerprint density at radius 2 is 1.90 bits per heavy atom. The SMILES string of the molecule is COc1ccccc1Br.N. The first-order valence-electron chi connectivity index (χ1n) is 2.63.